The van der Waals surface area contributed by atoms with Crippen LogP contribution in [-0.4, -0.2) is 4.98 Å². The molecule has 0 saturated carbocycles. The van der Waals surface area contributed by atoms with E-state index in [1.807, 2.05) is 11.4 Å². The summed E-state index contributed by atoms with van der Waals surface area (Å²) in [6, 6.07) is 5.05. The summed E-state index contributed by atoms with van der Waals surface area (Å²) in [6.07, 6.45) is 0. The van der Waals surface area contributed by atoms with Gasteiger partial charge in [-0.25, -0.2) is 9.37 Å². The van der Waals surface area contributed by atoms with E-state index in [9.17, 15) is 4.39 Å². The summed E-state index contributed by atoms with van der Waals surface area (Å²) in [7, 11) is 0. The van der Waals surface area contributed by atoms with Crippen LogP contribution in [-0.2, 0) is 0 Å². The minimum atomic E-state index is -0.214. The van der Waals surface area contributed by atoms with Crippen LogP contribution in [0.3, 0.4) is 0 Å². The average molecular weight is 208 g/mol. The number of rotatable bonds is 1. The van der Waals surface area contributed by atoms with Gasteiger partial charge in [0.1, 0.15) is 5.82 Å². The molecule has 0 atom stereocenters. The summed E-state index contributed by atoms with van der Waals surface area (Å²) in [5.41, 5.74) is 7.63. The van der Waals surface area contributed by atoms with Crippen molar-refractivity contribution in [3.05, 3.63) is 35.0 Å². The lowest BCUT2D eigenvalue weighted by Gasteiger charge is -1.99. The normalized spacial score (nSPS) is 10.4. The van der Waals surface area contributed by atoms with Gasteiger partial charge in [0.15, 0.2) is 5.13 Å². The molecule has 0 bridgehead atoms. The van der Waals surface area contributed by atoms with Crippen molar-refractivity contribution in [3.8, 4) is 11.3 Å². The zero-order valence-electron chi connectivity index (χ0n) is 7.62. The first-order valence-electron chi connectivity index (χ1n) is 4.14. The molecule has 2 N–H and O–H groups in total. The lowest BCUT2D eigenvalue weighted by Crippen LogP contribution is -1.86. The van der Waals surface area contributed by atoms with E-state index in [0.29, 0.717) is 10.7 Å². The number of anilines is 1. The second-order valence-corrected chi connectivity index (χ2v) is 3.92. The number of thiazole rings is 1. The molecule has 72 valence electrons. The van der Waals surface area contributed by atoms with Crippen molar-refractivity contribution in [3.63, 3.8) is 0 Å². The largest absolute Gasteiger partial charge is 0.375 e. The molecule has 0 spiro atoms. The summed E-state index contributed by atoms with van der Waals surface area (Å²) < 4.78 is 13.2. The Morgan fingerprint density at radius 1 is 1.43 bits per heavy atom. The number of benzene rings is 1. The van der Waals surface area contributed by atoms with Crippen LogP contribution in [0.4, 0.5) is 9.52 Å². The minimum absolute atomic E-state index is 0.214. The zero-order chi connectivity index (χ0) is 10.1. The molecule has 1 aromatic heterocycles. The highest BCUT2D eigenvalue weighted by atomic mass is 32.1. The van der Waals surface area contributed by atoms with E-state index in [1.54, 1.807) is 13.0 Å². The smallest absolute Gasteiger partial charge is 0.180 e. The van der Waals surface area contributed by atoms with Gasteiger partial charge in [0.25, 0.3) is 0 Å². The number of hydrogen-bond acceptors (Lipinski definition) is 3. The Morgan fingerprint density at radius 3 is 2.79 bits per heavy atom. The Labute approximate surface area is 85.2 Å². The van der Waals surface area contributed by atoms with Crippen LogP contribution in [0.15, 0.2) is 23.6 Å². The highest BCUT2D eigenvalue weighted by Crippen LogP contribution is 2.24. The van der Waals surface area contributed by atoms with Crippen LogP contribution >= 0.6 is 11.3 Å². The van der Waals surface area contributed by atoms with Gasteiger partial charge in [-0.2, -0.15) is 0 Å². The van der Waals surface area contributed by atoms with Gasteiger partial charge < -0.3 is 5.73 Å². The predicted octanol–water partition coefficient (Wildman–Crippen LogP) is 2.84. The van der Waals surface area contributed by atoms with Gasteiger partial charge in [-0.15, -0.1) is 11.3 Å². The quantitative estimate of drug-likeness (QED) is 0.782. The highest BCUT2D eigenvalue weighted by molar-refractivity contribution is 7.13. The van der Waals surface area contributed by atoms with E-state index in [4.69, 9.17) is 5.73 Å². The highest BCUT2D eigenvalue weighted by Gasteiger charge is 2.04. The van der Waals surface area contributed by atoms with Crippen molar-refractivity contribution in [2.45, 2.75) is 6.92 Å². The molecule has 0 aliphatic rings. The Morgan fingerprint density at radius 2 is 2.21 bits per heavy atom. The van der Waals surface area contributed by atoms with Crippen LogP contribution in [0.5, 0.6) is 0 Å². The maximum atomic E-state index is 13.2. The first kappa shape index (κ1) is 9.15. The van der Waals surface area contributed by atoms with Crippen molar-refractivity contribution in [1.29, 1.82) is 0 Å². The van der Waals surface area contributed by atoms with Gasteiger partial charge in [0.05, 0.1) is 5.69 Å². The van der Waals surface area contributed by atoms with Crippen LogP contribution in [0.2, 0.25) is 0 Å². The van der Waals surface area contributed by atoms with Gasteiger partial charge in [0.2, 0.25) is 0 Å². The summed E-state index contributed by atoms with van der Waals surface area (Å²) in [5.74, 6) is -0.214. The Hall–Kier alpha value is -1.42. The molecule has 14 heavy (non-hydrogen) atoms. The summed E-state index contributed by atoms with van der Waals surface area (Å²) >= 11 is 1.35. The third-order valence-corrected chi connectivity index (χ3v) is 2.66. The van der Waals surface area contributed by atoms with E-state index in [-0.39, 0.29) is 5.82 Å². The topological polar surface area (TPSA) is 38.9 Å². The fourth-order valence-electron chi connectivity index (χ4n) is 1.17. The van der Waals surface area contributed by atoms with Crippen molar-refractivity contribution < 1.29 is 4.39 Å². The molecular formula is C10H9FN2S. The second kappa shape index (κ2) is 3.38. The molecule has 2 nitrogen and oxygen atoms in total. The molecule has 0 radical (unpaired) electrons. The summed E-state index contributed by atoms with van der Waals surface area (Å²) in [5, 5.41) is 2.32. The maximum Gasteiger partial charge on any atom is 0.180 e. The van der Waals surface area contributed by atoms with Crippen LogP contribution in [0, 0.1) is 12.7 Å². The van der Waals surface area contributed by atoms with E-state index in [1.165, 1.54) is 17.4 Å². The molecule has 0 saturated heterocycles. The molecule has 0 aliphatic heterocycles. The standard InChI is InChI=1S/C10H9FN2S/c1-6-2-3-7(4-8(6)11)9-5-14-10(12)13-9/h2-5H,1H3,(H2,12,13). The predicted molar refractivity (Wildman–Crippen MR) is 56.7 cm³/mol. The summed E-state index contributed by atoms with van der Waals surface area (Å²) in [6.45, 7) is 1.73. The number of nitrogen functional groups attached to an aromatic ring is 1. The Kier molecular flexibility index (Phi) is 2.21. The van der Waals surface area contributed by atoms with Crippen molar-refractivity contribution in [1.82, 2.24) is 4.98 Å². The van der Waals surface area contributed by atoms with Gasteiger partial charge in [-0.1, -0.05) is 12.1 Å². The van der Waals surface area contributed by atoms with Gasteiger partial charge >= 0.3 is 0 Å². The Balaban J connectivity index is 2.47. The Bertz CT molecular complexity index is 465. The lowest BCUT2D eigenvalue weighted by molar-refractivity contribution is 0.619. The fraction of sp³-hybridized carbons (Fsp3) is 0.100. The van der Waals surface area contributed by atoms with Crippen LogP contribution < -0.4 is 5.73 Å². The van der Waals surface area contributed by atoms with E-state index < -0.39 is 0 Å². The van der Waals surface area contributed by atoms with Gasteiger partial charge in [-0.05, 0) is 18.6 Å². The molecule has 2 aromatic rings. The maximum absolute atomic E-state index is 13.2. The van der Waals surface area contributed by atoms with Crippen molar-refractivity contribution >= 4 is 16.5 Å². The summed E-state index contributed by atoms with van der Waals surface area (Å²) in [4.78, 5) is 4.08. The van der Waals surface area contributed by atoms with E-state index in [0.717, 1.165) is 11.3 Å². The SMILES string of the molecule is Cc1ccc(-c2csc(N)n2)cc1F. The number of aromatic nitrogens is 1. The number of nitrogens with two attached hydrogens (primary N) is 1. The molecule has 0 fully saturated rings. The van der Waals surface area contributed by atoms with Crippen LogP contribution in [0.25, 0.3) is 11.3 Å². The van der Waals surface area contributed by atoms with Gasteiger partial charge in [0, 0.05) is 10.9 Å². The lowest BCUT2D eigenvalue weighted by atomic mass is 10.1. The first-order valence-corrected chi connectivity index (χ1v) is 5.02. The minimum Gasteiger partial charge on any atom is -0.375 e. The monoisotopic (exact) mass is 208 g/mol. The molecule has 0 aliphatic carbocycles. The molecule has 0 unspecified atom stereocenters. The zero-order valence-corrected chi connectivity index (χ0v) is 8.44. The number of nitrogens with zero attached hydrogens (tertiary/aromatic N) is 1. The first-order chi connectivity index (χ1) is 6.66. The third-order valence-electron chi connectivity index (χ3n) is 1.99. The molecule has 4 heteroatoms. The van der Waals surface area contributed by atoms with E-state index in [2.05, 4.69) is 4.98 Å². The molecule has 0 amide bonds. The molecule has 1 heterocycles. The second-order valence-electron chi connectivity index (χ2n) is 3.03. The average Bonchev–Trinajstić information content (AvgIpc) is 2.57. The third kappa shape index (κ3) is 1.61. The molecular weight excluding hydrogens is 199 g/mol. The molecule has 1 aromatic carbocycles. The van der Waals surface area contributed by atoms with Gasteiger partial charge in [-0.3, -0.25) is 0 Å². The number of aryl methyl sites for hydroxylation is 1. The molecule has 2 rings (SSSR count). The number of hydrogen-bond donors (Lipinski definition) is 1. The van der Waals surface area contributed by atoms with Crippen LogP contribution in [0.1, 0.15) is 5.56 Å². The van der Waals surface area contributed by atoms with Crippen molar-refractivity contribution in [2.75, 3.05) is 5.73 Å². The fourth-order valence-corrected chi connectivity index (χ4v) is 1.74. The number of halogens is 1. The van der Waals surface area contributed by atoms with E-state index >= 15 is 0 Å². The van der Waals surface area contributed by atoms with Crippen molar-refractivity contribution in [2.24, 2.45) is 0 Å².